The van der Waals surface area contributed by atoms with Crippen molar-refractivity contribution in [1.82, 2.24) is 4.98 Å². The van der Waals surface area contributed by atoms with Crippen LogP contribution in [-0.2, 0) is 0 Å². The number of H-pyrrole nitrogens is 1. The van der Waals surface area contributed by atoms with Crippen LogP contribution in [-0.4, -0.2) is 4.98 Å². The quantitative estimate of drug-likeness (QED) is 0.374. The van der Waals surface area contributed by atoms with Crippen LogP contribution in [0.25, 0.3) is 44.1 Å². The standard InChI is InChI=1S/C24H17N/c1-3-7-17(8-4-1)19-11-13-23-21(15-19)22-16-20(12-14-24(22)25-23)18-9-5-2-6-10-18/h1-16,25H/i13D. The fourth-order valence-corrected chi connectivity index (χ4v) is 3.43. The third-order valence-corrected chi connectivity index (χ3v) is 4.72. The largest absolute Gasteiger partial charge is 0.355 e. The lowest BCUT2D eigenvalue weighted by Gasteiger charge is -2.03. The summed E-state index contributed by atoms with van der Waals surface area (Å²) in [4.78, 5) is 3.42. The second kappa shape index (κ2) is 5.64. The Morgan fingerprint density at radius 3 is 1.72 bits per heavy atom. The summed E-state index contributed by atoms with van der Waals surface area (Å²) in [5.41, 5.74) is 6.57. The maximum atomic E-state index is 8.47. The molecule has 0 aliphatic rings. The Balaban J connectivity index is 1.78. The molecule has 5 rings (SSSR count). The lowest BCUT2D eigenvalue weighted by molar-refractivity contribution is 1.54. The van der Waals surface area contributed by atoms with E-state index in [4.69, 9.17) is 1.37 Å². The third-order valence-electron chi connectivity index (χ3n) is 4.72. The molecule has 0 amide bonds. The monoisotopic (exact) mass is 320 g/mol. The highest BCUT2D eigenvalue weighted by Gasteiger charge is 2.08. The highest BCUT2D eigenvalue weighted by Crippen LogP contribution is 2.32. The maximum Gasteiger partial charge on any atom is 0.0645 e. The third kappa shape index (κ3) is 2.41. The molecule has 0 unspecified atom stereocenters. The summed E-state index contributed by atoms with van der Waals surface area (Å²) in [5, 5.41) is 2.26. The molecule has 1 aromatic heterocycles. The van der Waals surface area contributed by atoms with Gasteiger partial charge < -0.3 is 4.98 Å². The number of hydrogen-bond donors (Lipinski definition) is 1. The van der Waals surface area contributed by atoms with Gasteiger partial charge in [0.05, 0.1) is 1.37 Å². The fourth-order valence-electron chi connectivity index (χ4n) is 3.43. The van der Waals surface area contributed by atoms with Gasteiger partial charge in [-0.25, -0.2) is 0 Å². The summed E-state index contributed by atoms with van der Waals surface area (Å²) in [5.74, 6) is 0. The van der Waals surface area contributed by atoms with Crippen molar-refractivity contribution >= 4 is 21.8 Å². The Labute approximate surface area is 148 Å². The number of aromatic nitrogens is 1. The lowest BCUT2D eigenvalue weighted by Crippen LogP contribution is -1.78. The van der Waals surface area contributed by atoms with E-state index in [0.717, 1.165) is 32.9 Å². The molecular formula is C24H17N. The van der Waals surface area contributed by atoms with Gasteiger partial charge >= 0.3 is 0 Å². The molecule has 4 aromatic carbocycles. The smallest absolute Gasteiger partial charge is 0.0645 e. The minimum Gasteiger partial charge on any atom is -0.355 e. The van der Waals surface area contributed by atoms with Crippen molar-refractivity contribution in [3.63, 3.8) is 0 Å². The number of rotatable bonds is 2. The van der Waals surface area contributed by atoms with Gasteiger partial charge in [0.25, 0.3) is 0 Å². The van der Waals surface area contributed by atoms with E-state index in [1.54, 1.807) is 0 Å². The topological polar surface area (TPSA) is 15.8 Å². The first-order valence-electron chi connectivity index (χ1n) is 8.96. The zero-order valence-corrected chi connectivity index (χ0v) is 13.7. The normalized spacial score (nSPS) is 11.8. The van der Waals surface area contributed by atoms with Crippen molar-refractivity contribution in [2.45, 2.75) is 0 Å². The molecular weight excluding hydrogens is 302 g/mol. The van der Waals surface area contributed by atoms with Crippen molar-refractivity contribution in [2.75, 3.05) is 0 Å². The molecule has 0 aliphatic heterocycles. The van der Waals surface area contributed by atoms with E-state index in [1.165, 1.54) is 11.1 Å². The van der Waals surface area contributed by atoms with E-state index in [1.807, 2.05) is 30.3 Å². The molecule has 0 aliphatic carbocycles. The molecule has 1 heteroatoms. The van der Waals surface area contributed by atoms with Crippen LogP contribution >= 0.6 is 0 Å². The highest BCUT2D eigenvalue weighted by molar-refractivity contribution is 6.09. The first-order valence-corrected chi connectivity index (χ1v) is 8.46. The van der Waals surface area contributed by atoms with E-state index in [2.05, 4.69) is 65.6 Å². The first kappa shape index (κ1) is 13.0. The average molecular weight is 320 g/mol. The molecule has 25 heavy (non-hydrogen) atoms. The average Bonchev–Trinajstić information content (AvgIpc) is 3.08. The number of fused-ring (bicyclic) bond motifs is 3. The van der Waals surface area contributed by atoms with E-state index >= 15 is 0 Å². The van der Waals surface area contributed by atoms with Crippen LogP contribution in [0.5, 0.6) is 0 Å². The van der Waals surface area contributed by atoms with Crippen molar-refractivity contribution in [3.8, 4) is 22.3 Å². The Morgan fingerprint density at radius 1 is 0.520 bits per heavy atom. The minimum absolute atomic E-state index is 0.527. The molecule has 1 nitrogen and oxygen atoms in total. The van der Waals surface area contributed by atoms with Gasteiger partial charge in [0, 0.05) is 21.8 Å². The SMILES string of the molecule is [2H]c1cc(-c2ccccc2)cc2c1[nH]c1ccc(-c3ccccc3)cc12. The van der Waals surface area contributed by atoms with E-state index in [-0.39, 0.29) is 0 Å². The number of hydrogen-bond acceptors (Lipinski definition) is 0. The van der Waals surface area contributed by atoms with Gasteiger partial charge in [0.2, 0.25) is 0 Å². The zero-order chi connectivity index (χ0) is 17.5. The van der Waals surface area contributed by atoms with Gasteiger partial charge in [-0.15, -0.1) is 0 Å². The first-order chi connectivity index (χ1) is 12.8. The van der Waals surface area contributed by atoms with Crippen molar-refractivity contribution < 1.29 is 1.37 Å². The second-order valence-corrected chi connectivity index (χ2v) is 6.29. The van der Waals surface area contributed by atoms with Crippen LogP contribution in [0.15, 0.2) is 97.0 Å². The molecule has 5 aromatic rings. The van der Waals surface area contributed by atoms with Gasteiger partial charge in [-0.3, -0.25) is 0 Å². The summed E-state index contributed by atoms with van der Waals surface area (Å²) in [7, 11) is 0. The van der Waals surface area contributed by atoms with Gasteiger partial charge in [-0.2, -0.15) is 0 Å². The minimum atomic E-state index is 0.527. The molecule has 0 bridgehead atoms. The molecule has 118 valence electrons. The van der Waals surface area contributed by atoms with Crippen LogP contribution < -0.4 is 0 Å². The molecule has 0 radical (unpaired) electrons. The number of benzene rings is 4. The molecule has 0 fully saturated rings. The summed E-state index contributed by atoms with van der Waals surface area (Å²) in [6.07, 6.45) is 0. The molecule has 1 heterocycles. The van der Waals surface area contributed by atoms with Gasteiger partial charge in [0.15, 0.2) is 0 Å². The fraction of sp³-hybridized carbons (Fsp3) is 0. The van der Waals surface area contributed by atoms with Crippen LogP contribution in [0.4, 0.5) is 0 Å². The maximum absolute atomic E-state index is 8.47. The Bertz CT molecular complexity index is 1220. The van der Waals surface area contributed by atoms with Crippen LogP contribution in [0.1, 0.15) is 1.37 Å². The van der Waals surface area contributed by atoms with Crippen LogP contribution in [0, 0.1) is 0 Å². The van der Waals surface area contributed by atoms with Crippen molar-refractivity contribution in [2.24, 2.45) is 0 Å². The Morgan fingerprint density at radius 2 is 1.08 bits per heavy atom. The molecule has 1 N–H and O–H groups in total. The Hall–Kier alpha value is -3.32. The van der Waals surface area contributed by atoms with Crippen molar-refractivity contribution in [3.05, 3.63) is 97.0 Å². The predicted molar refractivity (Wildman–Crippen MR) is 107 cm³/mol. The zero-order valence-electron chi connectivity index (χ0n) is 14.7. The number of nitrogens with one attached hydrogen (secondary N) is 1. The van der Waals surface area contributed by atoms with E-state index in [0.29, 0.717) is 6.04 Å². The Kier molecular flexibility index (Phi) is 2.94. The summed E-state index contributed by atoms with van der Waals surface area (Å²) in [6, 6.07) is 31.8. The predicted octanol–water partition coefficient (Wildman–Crippen LogP) is 6.66. The van der Waals surface area contributed by atoms with Crippen molar-refractivity contribution in [1.29, 1.82) is 0 Å². The van der Waals surface area contributed by atoms with E-state index in [9.17, 15) is 0 Å². The van der Waals surface area contributed by atoms with Crippen LogP contribution in [0.3, 0.4) is 0 Å². The van der Waals surface area contributed by atoms with Gasteiger partial charge in [-0.05, 0) is 46.5 Å². The number of aromatic amines is 1. The summed E-state index contributed by atoms with van der Waals surface area (Å²) < 4.78 is 8.47. The molecule has 0 spiro atoms. The van der Waals surface area contributed by atoms with Crippen LogP contribution in [0.2, 0.25) is 0 Å². The summed E-state index contributed by atoms with van der Waals surface area (Å²) >= 11 is 0. The summed E-state index contributed by atoms with van der Waals surface area (Å²) in [6.45, 7) is 0. The second-order valence-electron chi connectivity index (χ2n) is 6.29. The van der Waals surface area contributed by atoms with Gasteiger partial charge in [-0.1, -0.05) is 72.8 Å². The highest BCUT2D eigenvalue weighted by atomic mass is 14.7. The van der Waals surface area contributed by atoms with E-state index < -0.39 is 0 Å². The van der Waals surface area contributed by atoms with Gasteiger partial charge in [0.1, 0.15) is 0 Å². The molecule has 0 atom stereocenters. The molecule has 0 saturated carbocycles. The molecule has 0 saturated heterocycles. The lowest BCUT2D eigenvalue weighted by atomic mass is 10.0.